The molecule has 2 rings (SSSR count). The van der Waals surface area contributed by atoms with Crippen LogP contribution in [0, 0.1) is 0 Å². The summed E-state index contributed by atoms with van der Waals surface area (Å²) in [5, 5.41) is 13.1. The lowest BCUT2D eigenvalue weighted by atomic mass is 9.97. The van der Waals surface area contributed by atoms with Crippen LogP contribution in [0.15, 0.2) is 4.52 Å². The molecule has 2 heterocycles. The van der Waals surface area contributed by atoms with Gasteiger partial charge < -0.3 is 14.4 Å². The molecule has 1 atom stereocenters. The predicted octanol–water partition coefficient (Wildman–Crippen LogP) is 0.560. The van der Waals surface area contributed by atoms with Crippen molar-refractivity contribution < 1.29 is 14.4 Å². The van der Waals surface area contributed by atoms with Crippen LogP contribution < -0.4 is 0 Å². The van der Waals surface area contributed by atoms with Gasteiger partial charge in [0.05, 0.1) is 25.9 Å². The summed E-state index contributed by atoms with van der Waals surface area (Å²) in [6.07, 6.45) is -0.104. The van der Waals surface area contributed by atoms with Gasteiger partial charge in [0.25, 0.3) is 0 Å². The lowest BCUT2D eigenvalue weighted by Crippen LogP contribution is -2.43. The number of hydrogen-bond donors (Lipinski definition) is 1. The Kier molecular flexibility index (Phi) is 3.99. The summed E-state index contributed by atoms with van der Waals surface area (Å²) in [4.78, 5) is 6.57. The van der Waals surface area contributed by atoms with Gasteiger partial charge in [-0.15, -0.1) is 0 Å². The third-order valence-electron chi connectivity index (χ3n) is 2.90. The number of aliphatic hydroxyl groups is 1. The summed E-state index contributed by atoms with van der Waals surface area (Å²) in [6, 6.07) is 0. The standard InChI is InChI=1S/C12H21N3O3/c1-12(2,3)11-13-10(14-18-11)7-15-4-5-17-9(6-15)8-16/h9,16H,4-8H2,1-3H3. The van der Waals surface area contributed by atoms with Crippen molar-refractivity contribution in [2.24, 2.45) is 0 Å². The highest BCUT2D eigenvalue weighted by Gasteiger charge is 2.24. The summed E-state index contributed by atoms with van der Waals surface area (Å²) in [7, 11) is 0. The molecule has 0 spiro atoms. The second kappa shape index (κ2) is 5.34. The molecule has 0 bridgehead atoms. The Morgan fingerprint density at radius 1 is 1.44 bits per heavy atom. The maximum atomic E-state index is 9.08. The molecule has 6 nitrogen and oxygen atoms in total. The number of hydrogen-bond acceptors (Lipinski definition) is 6. The molecule has 0 saturated carbocycles. The fourth-order valence-electron chi connectivity index (χ4n) is 1.86. The van der Waals surface area contributed by atoms with E-state index in [4.69, 9.17) is 14.4 Å². The second-order valence-corrected chi connectivity index (χ2v) is 5.68. The average molecular weight is 255 g/mol. The van der Waals surface area contributed by atoms with Gasteiger partial charge in [-0.3, -0.25) is 4.90 Å². The molecular formula is C12H21N3O3. The van der Waals surface area contributed by atoms with Crippen LogP contribution in [0.3, 0.4) is 0 Å². The Labute approximate surface area is 107 Å². The third kappa shape index (κ3) is 3.28. The van der Waals surface area contributed by atoms with Crippen molar-refractivity contribution in [1.82, 2.24) is 15.0 Å². The quantitative estimate of drug-likeness (QED) is 0.851. The molecule has 0 aliphatic carbocycles. The summed E-state index contributed by atoms with van der Waals surface area (Å²) in [5.41, 5.74) is -0.121. The number of rotatable bonds is 3. The van der Waals surface area contributed by atoms with E-state index >= 15 is 0 Å². The summed E-state index contributed by atoms with van der Waals surface area (Å²) in [5.74, 6) is 1.35. The zero-order chi connectivity index (χ0) is 13.2. The smallest absolute Gasteiger partial charge is 0.232 e. The Morgan fingerprint density at radius 2 is 2.22 bits per heavy atom. The molecule has 6 heteroatoms. The molecule has 1 aliphatic rings. The lowest BCUT2D eigenvalue weighted by Gasteiger charge is -2.30. The first-order chi connectivity index (χ1) is 8.49. The SMILES string of the molecule is CC(C)(C)c1nc(CN2CCOC(CO)C2)no1. The number of ether oxygens (including phenoxy) is 1. The van der Waals surface area contributed by atoms with Crippen molar-refractivity contribution in [2.75, 3.05) is 26.3 Å². The van der Waals surface area contributed by atoms with Crippen LogP contribution in [0.4, 0.5) is 0 Å². The molecule has 1 unspecified atom stereocenters. The fourth-order valence-corrected chi connectivity index (χ4v) is 1.86. The van der Waals surface area contributed by atoms with Gasteiger partial charge in [0.1, 0.15) is 0 Å². The van der Waals surface area contributed by atoms with E-state index in [-0.39, 0.29) is 18.1 Å². The topological polar surface area (TPSA) is 71.6 Å². The van der Waals surface area contributed by atoms with Gasteiger partial charge in [-0.25, -0.2) is 0 Å². The van der Waals surface area contributed by atoms with Crippen LogP contribution in [0.5, 0.6) is 0 Å². The van der Waals surface area contributed by atoms with Gasteiger partial charge in [0.2, 0.25) is 5.89 Å². The molecule has 1 fully saturated rings. The normalized spacial score (nSPS) is 22.3. The zero-order valence-electron chi connectivity index (χ0n) is 11.2. The minimum absolute atomic E-state index is 0.0516. The fraction of sp³-hybridized carbons (Fsp3) is 0.833. The van der Waals surface area contributed by atoms with E-state index in [2.05, 4.69) is 15.0 Å². The maximum Gasteiger partial charge on any atom is 0.232 e. The van der Waals surface area contributed by atoms with Crippen LogP contribution >= 0.6 is 0 Å². The molecular weight excluding hydrogens is 234 g/mol. The Balaban J connectivity index is 1.95. The molecule has 102 valence electrons. The number of aliphatic hydroxyl groups excluding tert-OH is 1. The summed E-state index contributed by atoms with van der Waals surface area (Å²) < 4.78 is 10.7. The first kappa shape index (κ1) is 13.5. The lowest BCUT2D eigenvalue weighted by molar-refractivity contribution is -0.0558. The van der Waals surface area contributed by atoms with Crippen molar-refractivity contribution in [2.45, 2.75) is 38.8 Å². The van der Waals surface area contributed by atoms with Crippen molar-refractivity contribution in [1.29, 1.82) is 0 Å². The van der Waals surface area contributed by atoms with E-state index in [0.717, 1.165) is 6.54 Å². The van der Waals surface area contributed by atoms with E-state index < -0.39 is 0 Å². The van der Waals surface area contributed by atoms with Crippen LogP contribution in [0.2, 0.25) is 0 Å². The molecule has 1 aromatic rings. The van der Waals surface area contributed by atoms with Gasteiger partial charge in [0, 0.05) is 18.5 Å². The van der Waals surface area contributed by atoms with E-state index in [1.165, 1.54) is 0 Å². The summed E-state index contributed by atoms with van der Waals surface area (Å²) in [6.45, 7) is 8.98. The van der Waals surface area contributed by atoms with Crippen molar-refractivity contribution in [3.8, 4) is 0 Å². The highest BCUT2D eigenvalue weighted by atomic mass is 16.5. The third-order valence-corrected chi connectivity index (χ3v) is 2.90. The Morgan fingerprint density at radius 3 is 2.83 bits per heavy atom. The van der Waals surface area contributed by atoms with Crippen molar-refractivity contribution in [3.63, 3.8) is 0 Å². The van der Waals surface area contributed by atoms with E-state index in [1.54, 1.807) is 0 Å². The highest BCUT2D eigenvalue weighted by Crippen LogP contribution is 2.20. The van der Waals surface area contributed by atoms with Crippen LogP contribution in [-0.2, 0) is 16.7 Å². The molecule has 1 aromatic heterocycles. The predicted molar refractivity (Wildman–Crippen MR) is 65.1 cm³/mol. The summed E-state index contributed by atoms with van der Waals surface area (Å²) >= 11 is 0. The first-order valence-corrected chi connectivity index (χ1v) is 6.27. The maximum absolute atomic E-state index is 9.08. The zero-order valence-corrected chi connectivity index (χ0v) is 11.2. The second-order valence-electron chi connectivity index (χ2n) is 5.68. The van der Waals surface area contributed by atoms with Gasteiger partial charge in [-0.1, -0.05) is 25.9 Å². The van der Waals surface area contributed by atoms with Crippen molar-refractivity contribution >= 4 is 0 Å². The number of aromatic nitrogens is 2. The average Bonchev–Trinajstić information content (AvgIpc) is 2.77. The van der Waals surface area contributed by atoms with Crippen LogP contribution in [0.1, 0.15) is 32.5 Å². The minimum Gasteiger partial charge on any atom is -0.394 e. The monoisotopic (exact) mass is 255 g/mol. The molecule has 0 amide bonds. The van der Waals surface area contributed by atoms with Gasteiger partial charge in [-0.2, -0.15) is 4.98 Å². The Hall–Kier alpha value is -0.980. The van der Waals surface area contributed by atoms with Crippen molar-refractivity contribution in [3.05, 3.63) is 11.7 Å². The first-order valence-electron chi connectivity index (χ1n) is 6.27. The number of morpholine rings is 1. The highest BCUT2D eigenvalue weighted by molar-refractivity contribution is 4.98. The number of nitrogens with zero attached hydrogens (tertiary/aromatic N) is 3. The molecule has 0 radical (unpaired) electrons. The van der Waals surface area contributed by atoms with E-state index in [1.807, 2.05) is 20.8 Å². The van der Waals surface area contributed by atoms with E-state index in [0.29, 0.717) is 31.4 Å². The molecule has 1 aliphatic heterocycles. The molecule has 0 aromatic carbocycles. The van der Waals surface area contributed by atoms with Gasteiger partial charge in [0.15, 0.2) is 5.82 Å². The van der Waals surface area contributed by atoms with Gasteiger partial charge in [-0.05, 0) is 0 Å². The van der Waals surface area contributed by atoms with Crippen LogP contribution in [-0.4, -0.2) is 52.6 Å². The van der Waals surface area contributed by atoms with E-state index in [9.17, 15) is 0 Å². The minimum atomic E-state index is -0.121. The Bertz CT molecular complexity index is 386. The van der Waals surface area contributed by atoms with Crippen LogP contribution in [0.25, 0.3) is 0 Å². The molecule has 18 heavy (non-hydrogen) atoms. The van der Waals surface area contributed by atoms with Gasteiger partial charge >= 0.3 is 0 Å². The largest absolute Gasteiger partial charge is 0.394 e. The molecule has 1 N–H and O–H groups in total. The molecule has 1 saturated heterocycles.